The van der Waals surface area contributed by atoms with Crippen LogP contribution in [0.2, 0.25) is 0 Å². The van der Waals surface area contributed by atoms with Crippen LogP contribution in [-0.2, 0) is 0 Å². The molecule has 3 heteroatoms. The van der Waals surface area contributed by atoms with Crippen LogP contribution >= 0.6 is 0 Å². The Kier molecular flexibility index (Phi) is 2.63. The molecule has 1 N–H and O–H groups in total. The monoisotopic (exact) mass is 169 g/mol. The molecule has 2 saturated heterocycles. The molecule has 12 heavy (non-hydrogen) atoms. The first kappa shape index (κ1) is 8.48. The third kappa shape index (κ3) is 1.97. The molecular weight excluding hydrogens is 150 g/mol. The van der Waals surface area contributed by atoms with Crippen LogP contribution in [0, 0.1) is 5.92 Å². The van der Waals surface area contributed by atoms with Crippen molar-refractivity contribution < 1.29 is 0 Å². The summed E-state index contributed by atoms with van der Waals surface area (Å²) in [5, 5.41) is 3.41. The fourth-order valence-electron chi connectivity index (χ4n) is 2.11. The van der Waals surface area contributed by atoms with E-state index in [9.17, 15) is 0 Å². The molecule has 0 aromatic carbocycles. The number of nitrogens with one attached hydrogen (secondary N) is 1. The highest BCUT2D eigenvalue weighted by Crippen LogP contribution is 2.14. The van der Waals surface area contributed by atoms with Crippen LogP contribution in [0.3, 0.4) is 0 Å². The van der Waals surface area contributed by atoms with Crippen molar-refractivity contribution in [1.82, 2.24) is 15.1 Å². The Morgan fingerprint density at radius 3 is 2.83 bits per heavy atom. The molecule has 0 aromatic rings. The van der Waals surface area contributed by atoms with Crippen molar-refractivity contribution in [2.75, 3.05) is 40.0 Å². The van der Waals surface area contributed by atoms with Crippen LogP contribution in [0.1, 0.15) is 12.8 Å². The van der Waals surface area contributed by atoms with Gasteiger partial charge >= 0.3 is 0 Å². The first-order chi connectivity index (χ1) is 5.84. The van der Waals surface area contributed by atoms with Gasteiger partial charge in [0.05, 0.1) is 13.3 Å². The SMILES string of the molecule is CN1CN(CCC2CCNC2)C1. The van der Waals surface area contributed by atoms with Gasteiger partial charge in [0.15, 0.2) is 0 Å². The molecule has 0 aliphatic carbocycles. The lowest BCUT2D eigenvalue weighted by atomic mass is 10.0. The van der Waals surface area contributed by atoms with E-state index in [0.717, 1.165) is 5.92 Å². The van der Waals surface area contributed by atoms with Gasteiger partial charge in [0, 0.05) is 6.54 Å². The first-order valence-corrected chi connectivity index (χ1v) is 4.96. The quantitative estimate of drug-likeness (QED) is 0.649. The highest BCUT2D eigenvalue weighted by atomic mass is 15.5. The van der Waals surface area contributed by atoms with E-state index in [1.165, 1.54) is 45.8 Å². The Labute approximate surface area is 74.7 Å². The van der Waals surface area contributed by atoms with E-state index in [2.05, 4.69) is 22.2 Å². The standard InChI is InChI=1S/C9H19N3/c1-11-7-12(8-11)5-3-9-2-4-10-6-9/h9-10H,2-8H2,1H3. The summed E-state index contributed by atoms with van der Waals surface area (Å²) in [6, 6.07) is 0. The molecule has 0 amide bonds. The maximum absolute atomic E-state index is 3.41. The van der Waals surface area contributed by atoms with Crippen LogP contribution in [-0.4, -0.2) is 49.8 Å². The molecule has 0 bridgehead atoms. The largest absolute Gasteiger partial charge is 0.316 e. The Balaban J connectivity index is 1.56. The van der Waals surface area contributed by atoms with Gasteiger partial charge in [-0.15, -0.1) is 0 Å². The van der Waals surface area contributed by atoms with Crippen molar-refractivity contribution in [3.05, 3.63) is 0 Å². The summed E-state index contributed by atoms with van der Waals surface area (Å²) >= 11 is 0. The van der Waals surface area contributed by atoms with Gasteiger partial charge in [0.2, 0.25) is 0 Å². The lowest BCUT2D eigenvalue weighted by Crippen LogP contribution is -2.53. The lowest BCUT2D eigenvalue weighted by Gasteiger charge is -2.40. The zero-order valence-corrected chi connectivity index (χ0v) is 7.92. The van der Waals surface area contributed by atoms with Crippen molar-refractivity contribution in [2.24, 2.45) is 5.92 Å². The topological polar surface area (TPSA) is 18.5 Å². The van der Waals surface area contributed by atoms with E-state index < -0.39 is 0 Å². The summed E-state index contributed by atoms with van der Waals surface area (Å²) in [6.45, 7) is 6.16. The number of hydrogen-bond donors (Lipinski definition) is 1. The van der Waals surface area contributed by atoms with Gasteiger partial charge in [-0.2, -0.15) is 0 Å². The molecule has 2 fully saturated rings. The summed E-state index contributed by atoms with van der Waals surface area (Å²) in [6.07, 6.45) is 2.78. The smallest absolute Gasteiger partial charge is 0.0526 e. The Hall–Kier alpha value is -0.120. The zero-order valence-electron chi connectivity index (χ0n) is 7.92. The second-order valence-electron chi connectivity index (χ2n) is 4.18. The molecule has 1 atom stereocenters. The van der Waals surface area contributed by atoms with Crippen LogP contribution < -0.4 is 5.32 Å². The molecule has 0 spiro atoms. The Bertz CT molecular complexity index is 137. The van der Waals surface area contributed by atoms with Crippen molar-refractivity contribution in [3.63, 3.8) is 0 Å². The molecule has 2 rings (SSSR count). The number of hydrogen-bond acceptors (Lipinski definition) is 3. The summed E-state index contributed by atoms with van der Waals surface area (Å²) in [4.78, 5) is 4.85. The lowest BCUT2D eigenvalue weighted by molar-refractivity contribution is -0.0116. The predicted molar refractivity (Wildman–Crippen MR) is 49.8 cm³/mol. The van der Waals surface area contributed by atoms with Gasteiger partial charge in [-0.1, -0.05) is 0 Å². The molecule has 0 saturated carbocycles. The maximum atomic E-state index is 3.41. The second kappa shape index (κ2) is 3.73. The molecule has 2 heterocycles. The highest BCUT2D eigenvalue weighted by Gasteiger charge is 2.21. The highest BCUT2D eigenvalue weighted by molar-refractivity contribution is 4.74. The molecule has 70 valence electrons. The summed E-state index contributed by atoms with van der Waals surface area (Å²) < 4.78 is 0. The summed E-state index contributed by atoms with van der Waals surface area (Å²) in [5.41, 5.74) is 0. The maximum Gasteiger partial charge on any atom is 0.0526 e. The molecule has 1 unspecified atom stereocenters. The fourth-order valence-corrected chi connectivity index (χ4v) is 2.11. The molecular formula is C9H19N3. The van der Waals surface area contributed by atoms with Crippen LogP contribution in [0.4, 0.5) is 0 Å². The van der Waals surface area contributed by atoms with Crippen LogP contribution in [0.25, 0.3) is 0 Å². The molecule has 2 aliphatic heterocycles. The van der Waals surface area contributed by atoms with Gasteiger partial charge in [-0.25, -0.2) is 0 Å². The summed E-state index contributed by atoms with van der Waals surface area (Å²) in [5.74, 6) is 0.955. The Morgan fingerprint density at radius 2 is 2.25 bits per heavy atom. The molecule has 0 aromatic heterocycles. The summed E-state index contributed by atoms with van der Waals surface area (Å²) in [7, 11) is 2.17. The third-order valence-corrected chi connectivity index (χ3v) is 2.90. The average Bonchev–Trinajstić information content (AvgIpc) is 2.47. The number of nitrogens with zero attached hydrogens (tertiary/aromatic N) is 2. The van der Waals surface area contributed by atoms with E-state index in [4.69, 9.17) is 0 Å². The average molecular weight is 169 g/mol. The van der Waals surface area contributed by atoms with Crippen molar-refractivity contribution in [2.45, 2.75) is 12.8 Å². The normalized spacial score (nSPS) is 32.2. The van der Waals surface area contributed by atoms with Gasteiger partial charge in [-0.05, 0) is 38.9 Å². The van der Waals surface area contributed by atoms with Crippen molar-refractivity contribution in [1.29, 1.82) is 0 Å². The van der Waals surface area contributed by atoms with Gasteiger partial charge in [-0.3, -0.25) is 9.80 Å². The van der Waals surface area contributed by atoms with Crippen molar-refractivity contribution in [3.8, 4) is 0 Å². The Morgan fingerprint density at radius 1 is 1.42 bits per heavy atom. The van der Waals surface area contributed by atoms with E-state index in [-0.39, 0.29) is 0 Å². The van der Waals surface area contributed by atoms with E-state index in [1.807, 2.05) is 0 Å². The zero-order chi connectivity index (χ0) is 8.39. The van der Waals surface area contributed by atoms with Crippen LogP contribution in [0.15, 0.2) is 0 Å². The van der Waals surface area contributed by atoms with E-state index in [0.29, 0.717) is 0 Å². The van der Waals surface area contributed by atoms with Crippen LogP contribution in [0.5, 0.6) is 0 Å². The molecule has 3 nitrogen and oxygen atoms in total. The minimum atomic E-state index is 0.955. The first-order valence-electron chi connectivity index (χ1n) is 4.96. The minimum absolute atomic E-state index is 0.955. The van der Waals surface area contributed by atoms with Crippen molar-refractivity contribution >= 4 is 0 Å². The minimum Gasteiger partial charge on any atom is -0.316 e. The van der Waals surface area contributed by atoms with Gasteiger partial charge in [0.1, 0.15) is 0 Å². The fraction of sp³-hybridized carbons (Fsp3) is 1.00. The third-order valence-electron chi connectivity index (χ3n) is 2.90. The van der Waals surface area contributed by atoms with Gasteiger partial charge in [0.25, 0.3) is 0 Å². The molecule has 0 radical (unpaired) electrons. The predicted octanol–water partition coefficient (Wildman–Crippen LogP) is 0.148. The number of rotatable bonds is 3. The van der Waals surface area contributed by atoms with E-state index in [1.54, 1.807) is 0 Å². The van der Waals surface area contributed by atoms with E-state index >= 15 is 0 Å². The molecule has 2 aliphatic rings. The second-order valence-corrected chi connectivity index (χ2v) is 4.18. The van der Waals surface area contributed by atoms with Gasteiger partial charge < -0.3 is 5.32 Å².